The molecule has 0 spiro atoms. The van der Waals surface area contributed by atoms with Crippen LogP contribution in [0.25, 0.3) is 15.9 Å². The van der Waals surface area contributed by atoms with Crippen molar-refractivity contribution >= 4 is 45.3 Å². The van der Waals surface area contributed by atoms with Crippen molar-refractivity contribution in [3.8, 4) is 5.69 Å². The van der Waals surface area contributed by atoms with Gasteiger partial charge in [0.05, 0.1) is 16.3 Å². The summed E-state index contributed by atoms with van der Waals surface area (Å²) in [5.74, 6) is -0.276. The maximum atomic E-state index is 13.9. The topological polar surface area (TPSA) is 84.3 Å². The number of hydrogen-bond acceptors (Lipinski definition) is 6. The molecule has 172 valence electrons. The van der Waals surface area contributed by atoms with Gasteiger partial charge in [-0.15, -0.1) is 11.3 Å². The summed E-state index contributed by atoms with van der Waals surface area (Å²) in [5, 5.41) is 3.31. The van der Waals surface area contributed by atoms with Crippen molar-refractivity contribution in [1.82, 2.24) is 19.8 Å². The van der Waals surface area contributed by atoms with Gasteiger partial charge in [-0.05, 0) is 63.6 Å². The molecule has 0 saturated carbocycles. The van der Waals surface area contributed by atoms with Crippen molar-refractivity contribution in [2.24, 2.45) is 0 Å². The molecule has 0 radical (unpaired) electrons. The van der Waals surface area contributed by atoms with Crippen molar-refractivity contribution < 1.29 is 9.59 Å². The summed E-state index contributed by atoms with van der Waals surface area (Å²) in [6.45, 7) is 6.59. The quantitative estimate of drug-likeness (QED) is 0.449. The molecule has 2 aromatic heterocycles. The zero-order valence-corrected chi connectivity index (χ0v) is 20.6. The van der Waals surface area contributed by atoms with Gasteiger partial charge in [0, 0.05) is 18.0 Å². The number of amides is 3. The minimum absolute atomic E-state index is 0.0765. The van der Waals surface area contributed by atoms with Crippen LogP contribution in [0.1, 0.15) is 41.3 Å². The Hall–Kier alpha value is -2.65. The molecule has 1 fully saturated rings. The summed E-state index contributed by atoms with van der Waals surface area (Å²) >= 11 is 2.84. The molecule has 3 aromatic rings. The molecule has 2 aliphatic rings. The number of aromatic nitrogens is 2. The number of carbonyl (C=O) groups excluding carboxylic acids is 2. The van der Waals surface area contributed by atoms with E-state index in [0.717, 1.165) is 58.3 Å². The van der Waals surface area contributed by atoms with E-state index in [1.165, 1.54) is 21.5 Å². The summed E-state index contributed by atoms with van der Waals surface area (Å²) in [4.78, 5) is 47.0. The fraction of sp³-hybridized carbons (Fsp3) is 0.417. The predicted octanol–water partition coefficient (Wildman–Crippen LogP) is 3.98. The van der Waals surface area contributed by atoms with Crippen molar-refractivity contribution in [3.63, 3.8) is 0 Å². The molecule has 0 bridgehead atoms. The van der Waals surface area contributed by atoms with Crippen LogP contribution in [0.3, 0.4) is 0 Å². The first-order valence-corrected chi connectivity index (χ1v) is 13.0. The Labute approximate surface area is 200 Å². The molecule has 1 aliphatic carbocycles. The lowest BCUT2D eigenvalue weighted by Crippen LogP contribution is -2.39. The van der Waals surface area contributed by atoms with Crippen LogP contribution in [-0.2, 0) is 17.6 Å². The van der Waals surface area contributed by atoms with Gasteiger partial charge in [0.1, 0.15) is 4.83 Å². The average Bonchev–Trinajstić information content (AvgIpc) is 3.37. The molecule has 1 saturated heterocycles. The van der Waals surface area contributed by atoms with Gasteiger partial charge < -0.3 is 5.32 Å². The molecule has 3 heterocycles. The van der Waals surface area contributed by atoms with E-state index in [1.54, 1.807) is 22.8 Å². The van der Waals surface area contributed by atoms with Crippen LogP contribution in [0.5, 0.6) is 0 Å². The van der Waals surface area contributed by atoms with Gasteiger partial charge in [-0.25, -0.2) is 9.78 Å². The molecule has 1 unspecified atom stereocenters. The van der Waals surface area contributed by atoms with Crippen LogP contribution in [0.15, 0.2) is 28.2 Å². The third-order valence-electron chi connectivity index (χ3n) is 6.30. The van der Waals surface area contributed by atoms with Gasteiger partial charge in [-0.2, -0.15) is 0 Å². The van der Waals surface area contributed by atoms with Crippen molar-refractivity contribution in [1.29, 1.82) is 0 Å². The van der Waals surface area contributed by atoms with Gasteiger partial charge >= 0.3 is 6.03 Å². The number of nitrogens with zero attached hydrogens (tertiary/aromatic N) is 3. The molecule has 7 nitrogen and oxygen atoms in total. The summed E-state index contributed by atoms with van der Waals surface area (Å²) in [7, 11) is 0. The van der Waals surface area contributed by atoms with Crippen molar-refractivity contribution in [2.45, 2.75) is 56.9 Å². The number of aryl methyl sites for hydroxylation is 4. The zero-order valence-electron chi connectivity index (χ0n) is 18.9. The predicted molar refractivity (Wildman–Crippen MR) is 132 cm³/mol. The molecular formula is C24H26N4O3S2. The third kappa shape index (κ3) is 3.87. The van der Waals surface area contributed by atoms with E-state index in [9.17, 15) is 14.4 Å². The number of imide groups is 1. The number of carbonyl (C=O) groups is 2. The Bertz CT molecular complexity index is 1340. The number of thioether (sulfide) groups is 1. The highest BCUT2D eigenvalue weighted by atomic mass is 32.2. The van der Waals surface area contributed by atoms with Gasteiger partial charge in [0.15, 0.2) is 5.16 Å². The number of fused-ring (bicyclic) bond motifs is 3. The number of benzene rings is 1. The Morgan fingerprint density at radius 1 is 1.21 bits per heavy atom. The summed E-state index contributed by atoms with van der Waals surface area (Å²) in [6, 6.07) is 5.61. The fourth-order valence-electron chi connectivity index (χ4n) is 4.64. The van der Waals surface area contributed by atoms with Crippen LogP contribution in [0, 0.1) is 13.8 Å². The average molecular weight is 483 g/mol. The van der Waals surface area contributed by atoms with E-state index >= 15 is 0 Å². The first kappa shape index (κ1) is 22.2. The van der Waals surface area contributed by atoms with E-state index in [2.05, 4.69) is 5.32 Å². The normalized spacial score (nSPS) is 16.7. The molecule has 9 heteroatoms. The lowest BCUT2D eigenvalue weighted by molar-refractivity contribution is -0.126. The Balaban J connectivity index is 1.65. The Morgan fingerprint density at radius 3 is 2.73 bits per heavy atom. The summed E-state index contributed by atoms with van der Waals surface area (Å²) in [6.07, 6.45) is 4.11. The highest BCUT2D eigenvalue weighted by Gasteiger charge is 2.32. The van der Waals surface area contributed by atoms with Crippen LogP contribution in [0.4, 0.5) is 4.79 Å². The smallest absolute Gasteiger partial charge is 0.324 e. The van der Waals surface area contributed by atoms with E-state index in [4.69, 9.17) is 4.98 Å². The second-order valence-electron chi connectivity index (χ2n) is 8.70. The van der Waals surface area contributed by atoms with Gasteiger partial charge in [0.25, 0.3) is 5.56 Å². The standard InChI is InChI=1S/C24H26N4O3S2/c1-13-8-9-17(14(2)12-13)28-22(30)19-16-6-4-5-7-18(16)33-20(19)26-24(28)32-15(3)21(29)27-11-10-25-23(27)31/h8-9,12,15H,4-7,10-11H2,1-3H3,(H,25,31). The maximum Gasteiger partial charge on any atom is 0.324 e. The molecule has 5 rings (SSSR count). The third-order valence-corrected chi connectivity index (χ3v) is 8.53. The van der Waals surface area contributed by atoms with E-state index in [1.807, 2.05) is 32.0 Å². The van der Waals surface area contributed by atoms with Crippen LogP contribution < -0.4 is 10.9 Å². The number of hydrogen-bond donors (Lipinski definition) is 1. The second kappa shape index (κ2) is 8.61. The first-order chi connectivity index (χ1) is 15.8. The molecule has 1 aromatic carbocycles. The van der Waals surface area contributed by atoms with E-state index < -0.39 is 5.25 Å². The Morgan fingerprint density at radius 2 is 2.00 bits per heavy atom. The van der Waals surface area contributed by atoms with Crippen LogP contribution >= 0.6 is 23.1 Å². The van der Waals surface area contributed by atoms with Crippen molar-refractivity contribution in [3.05, 3.63) is 50.1 Å². The molecule has 1 N–H and O–H groups in total. The molecule has 1 atom stereocenters. The SMILES string of the molecule is Cc1ccc(-n2c(SC(C)C(=O)N3CCNC3=O)nc3sc4c(c3c2=O)CCCC4)c(C)c1. The minimum Gasteiger partial charge on any atom is -0.336 e. The van der Waals surface area contributed by atoms with Crippen LogP contribution in [0.2, 0.25) is 0 Å². The molecule has 3 amide bonds. The highest BCUT2D eigenvalue weighted by Crippen LogP contribution is 2.36. The zero-order chi connectivity index (χ0) is 23.3. The maximum absolute atomic E-state index is 13.9. The minimum atomic E-state index is -0.565. The number of rotatable bonds is 4. The number of nitrogens with one attached hydrogen (secondary N) is 1. The van der Waals surface area contributed by atoms with Crippen molar-refractivity contribution in [2.75, 3.05) is 13.1 Å². The second-order valence-corrected chi connectivity index (χ2v) is 11.1. The van der Waals surface area contributed by atoms with Crippen LogP contribution in [-0.4, -0.2) is 44.7 Å². The monoisotopic (exact) mass is 482 g/mol. The lowest BCUT2D eigenvalue weighted by atomic mass is 9.97. The fourth-order valence-corrected chi connectivity index (χ4v) is 6.93. The summed E-state index contributed by atoms with van der Waals surface area (Å²) in [5.41, 5.74) is 3.93. The first-order valence-electron chi connectivity index (χ1n) is 11.3. The van der Waals surface area contributed by atoms with E-state index in [0.29, 0.717) is 18.2 Å². The van der Waals surface area contributed by atoms with Gasteiger partial charge in [-0.1, -0.05) is 29.5 Å². The molecular weight excluding hydrogens is 456 g/mol. The molecule has 33 heavy (non-hydrogen) atoms. The molecule has 1 aliphatic heterocycles. The lowest BCUT2D eigenvalue weighted by Gasteiger charge is -2.20. The van der Waals surface area contributed by atoms with Gasteiger partial charge in [0.2, 0.25) is 5.91 Å². The van der Waals surface area contributed by atoms with E-state index in [-0.39, 0.29) is 17.5 Å². The van der Waals surface area contributed by atoms with Gasteiger partial charge in [-0.3, -0.25) is 19.1 Å². The Kier molecular flexibility index (Phi) is 5.78. The number of thiophene rings is 1. The number of urea groups is 1. The summed E-state index contributed by atoms with van der Waals surface area (Å²) < 4.78 is 1.66. The highest BCUT2D eigenvalue weighted by molar-refractivity contribution is 8.00. The largest absolute Gasteiger partial charge is 0.336 e.